The SMILES string of the molecule is Cc1nc(Br)ccc1NC1CCc2ccccc2C1. The average molecular weight is 317 g/mol. The van der Waals surface area contributed by atoms with Crippen LogP contribution in [0, 0.1) is 6.92 Å². The molecule has 0 bridgehead atoms. The normalized spacial score (nSPS) is 17.9. The molecule has 2 aromatic rings. The number of nitrogens with zero attached hydrogens (tertiary/aromatic N) is 1. The Kier molecular flexibility index (Phi) is 3.56. The predicted molar refractivity (Wildman–Crippen MR) is 82.6 cm³/mol. The molecule has 98 valence electrons. The van der Waals surface area contributed by atoms with Crippen molar-refractivity contribution in [3.63, 3.8) is 0 Å². The fourth-order valence-corrected chi connectivity index (χ4v) is 3.12. The summed E-state index contributed by atoms with van der Waals surface area (Å²) in [4.78, 5) is 4.44. The van der Waals surface area contributed by atoms with Crippen molar-refractivity contribution in [2.45, 2.75) is 32.2 Å². The number of nitrogens with one attached hydrogen (secondary N) is 1. The highest BCUT2D eigenvalue weighted by Gasteiger charge is 2.18. The second-order valence-electron chi connectivity index (χ2n) is 5.12. The van der Waals surface area contributed by atoms with Crippen LogP contribution in [0.15, 0.2) is 41.0 Å². The Morgan fingerprint density at radius 1 is 1.16 bits per heavy atom. The van der Waals surface area contributed by atoms with E-state index < -0.39 is 0 Å². The van der Waals surface area contributed by atoms with Gasteiger partial charge in [-0.05, 0) is 65.4 Å². The largest absolute Gasteiger partial charge is 0.381 e. The van der Waals surface area contributed by atoms with Gasteiger partial charge in [-0.3, -0.25) is 0 Å². The number of fused-ring (bicyclic) bond motifs is 1. The maximum absolute atomic E-state index is 4.44. The van der Waals surface area contributed by atoms with Gasteiger partial charge in [0.05, 0.1) is 11.4 Å². The van der Waals surface area contributed by atoms with Crippen molar-refractivity contribution in [2.24, 2.45) is 0 Å². The van der Waals surface area contributed by atoms with Gasteiger partial charge in [0, 0.05) is 6.04 Å². The van der Waals surface area contributed by atoms with Crippen LogP contribution in [-0.4, -0.2) is 11.0 Å². The summed E-state index contributed by atoms with van der Waals surface area (Å²) in [5.41, 5.74) is 5.18. The zero-order chi connectivity index (χ0) is 13.2. The summed E-state index contributed by atoms with van der Waals surface area (Å²) >= 11 is 3.40. The van der Waals surface area contributed by atoms with Crippen LogP contribution >= 0.6 is 15.9 Å². The molecule has 1 heterocycles. The Balaban J connectivity index is 1.75. The van der Waals surface area contributed by atoms with Crippen LogP contribution < -0.4 is 5.32 Å². The van der Waals surface area contributed by atoms with E-state index in [1.165, 1.54) is 17.5 Å². The molecule has 0 aliphatic heterocycles. The Morgan fingerprint density at radius 2 is 1.95 bits per heavy atom. The molecule has 0 saturated carbocycles. The van der Waals surface area contributed by atoms with E-state index in [0.29, 0.717) is 6.04 Å². The first-order chi connectivity index (χ1) is 9.22. The molecule has 0 fully saturated rings. The van der Waals surface area contributed by atoms with Gasteiger partial charge in [0.15, 0.2) is 0 Å². The van der Waals surface area contributed by atoms with E-state index in [0.717, 1.165) is 28.8 Å². The monoisotopic (exact) mass is 316 g/mol. The van der Waals surface area contributed by atoms with Crippen LogP contribution in [0.1, 0.15) is 23.2 Å². The lowest BCUT2D eigenvalue weighted by Crippen LogP contribution is -2.27. The van der Waals surface area contributed by atoms with Crippen molar-refractivity contribution in [1.29, 1.82) is 0 Å². The van der Waals surface area contributed by atoms with Crippen molar-refractivity contribution in [1.82, 2.24) is 4.98 Å². The molecule has 1 unspecified atom stereocenters. The Bertz CT molecular complexity index is 595. The van der Waals surface area contributed by atoms with Crippen molar-refractivity contribution in [3.05, 3.63) is 57.8 Å². The molecule has 1 aromatic carbocycles. The molecule has 0 saturated heterocycles. The predicted octanol–water partition coefficient (Wildman–Crippen LogP) is 4.12. The minimum Gasteiger partial charge on any atom is -0.381 e. The summed E-state index contributed by atoms with van der Waals surface area (Å²) < 4.78 is 0.893. The number of aromatic nitrogens is 1. The highest BCUT2D eigenvalue weighted by Crippen LogP contribution is 2.25. The van der Waals surface area contributed by atoms with E-state index in [1.807, 2.05) is 13.0 Å². The standard InChI is InChI=1S/C16H17BrN2/c1-11-15(8-9-16(17)18-11)19-14-7-6-12-4-2-3-5-13(12)10-14/h2-5,8-9,14,19H,6-7,10H2,1H3. The summed E-state index contributed by atoms with van der Waals surface area (Å²) in [5.74, 6) is 0. The van der Waals surface area contributed by atoms with E-state index in [4.69, 9.17) is 0 Å². The van der Waals surface area contributed by atoms with Gasteiger partial charge in [0.2, 0.25) is 0 Å². The van der Waals surface area contributed by atoms with Crippen LogP contribution in [0.3, 0.4) is 0 Å². The lowest BCUT2D eigenvalue weighted by molar-refractivity contribution is 0.610. The van der Waals surface area contributed by atoms with E-state index in [9.17, 15) is 0 Å². The van der Waals surface area contributed by atoms with Gasteiger partial charge in [-0.15, -0.1) is 0 Å². The smallest absolute Gasteiger partial charge is 0.106 e. The molecule has 1 aromatic heterocycles. The molecule has 3 heteroatoms. The number of hydrogen-bond donors (Lipinski definition) is 1. The number of pyridine rings is 1. The van der Waals surface area contributed by atoms with Crippen LogP contribution in [0.25, 0.3) is 0 Å². The van der Waals surface area contributed by atoms with E-state index in [2.05, 4.69) is 56.6 Å². The van der Waals surface area contributed by atoms with E-state index >= 15 is 0 Å². The third-order valence-electron chi connectivity index (χ3n) is 3.76. The van der Waals surface area contributed by atoms with Crippen molar-refractivity contribution < 1.29 is 0 Å². The van der Waals surface area contributed by atoms with Crippen LogP contribution in [0.2, 0.25) is 0 Å². The molecular weight excluding hydrogens is 300 g/mol. The number of anilines is 1. The molecule has 0 radical (unpaired) electrons. The van der Waals surface area contributed by atoms with Gasteiger partial charge >= 0.3 is 0 Å². The Labute approximate surface area is 122 Å². The molecule has 1 atom stereocenters. The first-order valence-electron chi connectivity index (χ1n) is 6.69. The summed E-state index contributed by atoms with van der Waals surface area (Å²) in [6.45, 7) is 2.05. The van der Waals surface area contributed by atoms with E-state index in [1.54, 1.807) is 0 Å². The summed E-state index contributed by atoms with van der Waals surface area (Å²) in [6.07, 6.45) is 3.45. The molecule has 19 heavy (non-hydrogen) atoms. The quantitative estimate of drug-likeness (QED) is 0.843. The molecular formula is C16H17BrN2. The highest BCUT2D eigenvalue weighted by molar-refractivity contribution is 9.10. The number of hydrogen-bond acceptors (Lipinski definition) is 2. The van der Waals surface area contributed by atoms with Crippen LogP contribution in [0.4, 0.5) is 5.69 Å². The fourth-order valence-electron chi connectivity index (χ4n) is 2.72. The Hall–Kier alpha value is -1.35. The zero-order valence-electron chi connectivity index (χ0n) is 11.0. The van der Waals surface area contributed by atoms with Crippen LogP contribution in [0.5, 0.6) is 0 Å². The molecule has 1 aliphatic carbocycles. The van der Waals surface area contributed by atoms with Crippen molar-refractivity contribution in [3.8, 4) is 0 Å². The lowest BCUT2D eigenvalue weighted by Gasteiger charge is -2.26. The second-order valence-corrected chi connectivity index (χ2v) is 5.93. The number of rotatable bonds is 2. The number of benzene rings is 1. The van der Waals surface area contributed by atoms with Crippen LogP contribution in [-0.2, 0) is 12.8 Å². The topological polar surface area (TPSA) is 24.9 Å². The van der Waals surface area contributed by atoms with Gasteiger partial charge in [0.1, 0.15) is 4.60 Å². The zero-order valence-corrected chi connectivity index (χ0v) is 12.6. The third-order valence-corrected chi connectivity index (χ3v) is 4.20. The molecule has 3 rings (SSSR count). The summed E-state index contributed by atoms with van der Waals surface area (Å²) in [7, 11) is 0. The van der Waals surface area contributed by atoms with Gasteiger partial charge in [-0.25, -0.2) is 4.98 Å². The third kappa shape index (κ3) is 2.81. The lowest BCUT2D eigenvalue weighted by atomic mass is 9.88. The second kappa shape index (κ2) is 5.33. The van der Waals surface area contributed by atoms with Crippen molar-refractivity contribution >= 4 is 21.6 Å². The first kappa shape index (κ1) is 12.7. The Morgan fingerprint density at radius 3 is 2.74 bits per heavy atom. The van der Waals surface area contributed by atoms with Crippen molar-refractivity contribution in [2.75, 3.05) is 5.32 Å². The molecule has 0 spiro atoms. The molecule has 1 aliphatic rings. The average Bonchev–Trinajstić information content (AvgIpc) is 2.42. The molecule has 0 amide bonds. The fraction of sp³-hybridized carbons (Fsp3) is 0.312. The van der Waals surface area contributed by atoms with Gasteiger partial charge in [-0.2, -0.15) is 0 Å². The first-order valence-corrected chi connectivity index (χ1v) is 7.48. The minimum atomic E-state index is 0.511. The maximum Gasteiger partial charge on any atom is 0.106 e. The number of aryl methyl sites for hydroxylation is 2. The maximum atomic E-state index is 4.44. The van der Waals surface area contributed by atoms with E-state index in [-0.39, 0.29) is 0 Å². The van der Waals surface area contributed by atoms with Gasteiger partial charge in [0.25, 0.3) is 0 Å². The molecule has 1 N–H and O–H groups in total. The number of halogens is 1. The summed E-state index contributed by atoms with van der Waals surface area (Å²) in [5, 5.41) is 3.63. The molecule has 2 nitrogen and oxygen atoms in total. The van der Waals surface area contributed by atoms with Gasteiger partial charge in [-0.1, -0.05) is 24.3 Å². The summed E-state index contributed by atoms with van der Waals surface area (Å²) in [6, 6.07) is 13.4. The highest BCUT2D eigenvalue weighted by atomic mass is 79.9. The minimum absolute atomic E-state index is 0.511. The van der Waals surface area contributed by atoms with Gasteiger partial charge < -0.3 is 5.32 Å².